The van der Waals surface area contributed by atoms with E-state index >= 15 is 0 Å². The molecule has 0 saturated carbocycles. The number of ether oxygens (including phenoxy) is 3. The molecule has 1 heterocycles. The Morgan fingerprint density at radius 1 is 1.04 bits per heavy atom. The number of carbonyl (C=O) groups excluding carboxylic acids is 1. The van der Waals surface area contributed by atoms with E-state index in [1.54, 1.807) is 0 Å². The summed E-state index contributed by atoms with van der Waals surface area (Å²) in [6.45, 7) is 10.9. The van der Waals surface area contributed by atoms with Gasteiger partial charge >= 0.3 is 0 Å². The Balaban J connectivity index is 1.75. The Morgan fingerprint density at radius 2 is 1.58 bits per heavy atom. The van der Waals surface area contributed by atoms with Crippen LogP contribution in [0.2, 0.25) is 0 Å². The first-order chi connectivity index (χ1) is 11.6. The average Bonchev–Trinajstić information content (AvgIpc) is 2.57. The molecule has 7 heteroatoms. The lowest BCUT2D eigenvalue weighted by Crippen LogP contribution is -2.41. The molecule has 0 unspecified atom stereocenters. The number of nitrogens with two attached hydrogens (primary N) is 1. The number of hydrogen-bond donors (Lipinski definition) is 2. The van der Waals surface area contributed by atoms with Gasteiger partial charge in [-0.2, -0.15) is 0 Å². The maximum Gasteiger partial charge on any atom is 0.222 e. The minimum atomic E-state index is 0.0147. The van der Waals surface area contributed by atoms with Gasteiger partial charge in [-0.25, -0.2) is 0 Å². The second-order valence-electron chi connectivity index (χ2n) is 6.46. The standard InChI is InChI=1S/C17H35N3O4/c1-15(2)17(21)19-5-9-22-11-13-24-14-12-23-10-8-20-6-3-16(18)4-7-20/h15-16H,3-14,18H2,1-2H3,(H,19,21). The number of hydrogen-bond acceptors (Lipinski definition) is 6. The predicted octanol–water partition coefficient (Wildman–Crippen LogP) is 0.232. The van der Waals surface area contributed by atoms with Crippen LogP contribution in [0.5, 0.6) is 0 Å². The molecule has 1 fully saturated rings. The van der Waals surface area contributed by atoms with Gasteiger partial charge in [0.25, 0.3) is 0 Å². The minimum Gasteiger partial charge on any atom is -0.378 e. The second kappa shape index (κ2) is 13.5. The largest absolute Gasteiger partial charge is 0.378 e. The highest BCUT2D eigenvalue weighted by atomic mass is 16.5. The number of likely N-dealkylation sites (tertiary alicyclic amines) is 1. The summed E-state index contributed by atoms with van der Waals surface area (Å²) in [6, 6.07) is 0.379. The van der Waals surface area contributed by atoms with Crippen molar-refractivity contribution in [1.82, 2.24) is 10.2 Å². The van der Waals surface area contributed by atoms with Crippen LogP contribution < -0.4 is 11.1 Å². The Labute approximate surface area is 146 Å². The molecule has 0 spiro atoms. The van der Waals surface area contributed by atoms with Gasteiger partial charge in [-0.15, -0.1) is 0 Å². The maximum absolute atomic E-state index is 11.3. The number of carbonyl (C=O) groups is 1. The van der Waals surface area contributed by atoms with Crippen molar-refractivity contribution in [3.05, 3.63) is 0 Å². The highest BCUT2D eigenvalue weighted by Crippen LogP contribution is 2.07. The molecule has 24 heavy (non-hydrogen) atoms. The molecule has 142 valence electrons. The van der Waals surface area contributed by atoms with Crippen molar-refractivity contribution < 1.29 is 19.0 Å². The van der Waals surface area contributed by atoms with Crippen molar-refractivity contribution in [3.63, 3.8) is 0 Å². The summed E-state index contributed by atoms with van der Waals surface area (Å²) in [5.74, 6) is 0.0696. The Bertz CT molecular complexity index is 321. The predicted molar refractivity (Wildman–Crippen MR) is 94.0 cm³/mol. The highest BCUT2D eigenvalue weighted by molar-refractivity contribution is 5.77. The lowest BCUT2D eigenvalue weighted by molar-refractivity contribution is -0.124. The molecular formula is C17H35N3O4. The molecule has 1 rings (SSSR count). The van der Waals surface area contributed by atoms with Crippen LogP contribution in [0.15, 0.2) is 0 Å². The van der Waals surface area contributed by atoms with Crippen molar-refractivity contribution in [2.45, 2.75) is 32.7 Å². The van der Waals surface area contributed by atoms with Crippen LogP contribution in [0.4, 0.5) is 0 Å². The molecule has 1 aliphatic heterocycles. The van der Waals surface area contributed by atoms with Crippen molar-refractivity contribution >= 4 is 5.91 Å². The third kappa shape index (κ3) is 10.9. The zero-order valence-corrected chi connectivity index (χ0v) is 15.3. The van der Waals surface area contributed by atoms with E-state index in [1.165, 1.54) is 0 Å². The Hall–Kier alpha value is -0.730. The molecule has 1 amide bonds. The average molecular weight is 345 g/mol. The van der Waals surface area contributed by atoms with Crippen molar-refractivity contribution in [3.8, 4) is 0 Å². The minimum absolute atomic E-state index is 0.0147. The fourth-order valence-electron chi connectivity index (χ4n) is 2.36. The van der Waals surface area contributed by atoms with Crippen LogP contribution >= 0.6 is 0 Å². The van der Waals surface area contributed by atoms with E-state index in [9.17, 15) is 4.79 Å². The van der Waals surface area contributed by atoms with Gasteiger partial charge in [0.1, 0.15) is 0 Å². The highest BCUT2D eigenvalue weighted by Gasteiger charge is 2.15. The van der Waals surface area contributed by atoms with Gasteiger partial charge < -0.3 is 30.2 Å². The summed E-state index contributed by atoms with van der Waals surface area (Å²) in [5.41, 5.74) is 5.88. The zero-order valence-electron chi connectivity index (χ0n) is 15.3. The maximum atomic E-state index is 11.3. The molecule has 0 radical (unpaired) electrons. The van der Waals surface area contributed by atoms with Gasteiger partial charge in [0.05, 0.1) is 39.6 Å². The van der Waals surface area contributed by atoms with E-state index in [0.29, 0.717) is 45.6 Å². The van der Waals surface area contributed by atoms with Gasteiger partial charge in [-0.3, -0.25) is 4.79 Å². The molecule has 0 aromatic rings. The fraction of sp³-hybridized carbons (Fsp3) is 0.941. The smallest absolute Gasteiger partial charge is 0.222 e. The molecule has 0 bridgehead atoms. The van der Waals surface area contributed by atoms with Crippen molar-refractivity contribution in [2.75, 3.05) is 65.8 Å². The Kier molecular flexibility index (Phi) is 12.0. The fourth-order valence-corrected chi connectivity index (χ4v) is 2.36. The summed E-state index contributed by atoms with van der Waals surface area (Å²) in [6.07, 6.45) is 2.18. The van der Waals surface area contributed by atoms with Crippen LogP contribution in [0.3, 0.4) is 0 Å². The first-order valence-electron chi connectivity index (χ1n) is 9.08. The lowest BCUT2D eigenvalue weighted by Gasteiger charge is -2.29. The quantitative estimate of drug-likeness (QED) is 0.465. The zero-order chi connectivity index (χ0) is 17.6. The summed E-state index contributed by atoms with van der Waals surface area (Å²) in [5, 5.41) is 2.80. The van der Waals surface area contributed by atoms with E-state index < -0.39 is 0 Å². The number of nitrogens with one attached hydrogen (secondary N) is 1. The number of rotatable bonds is 13. The van der Waals surface area contributed by atoms with Gasteiger partial charge in [-0.05, 0) is 25.9 Å². The summed E-state index contributed by atoms with van der Waals surface area (Å²) in [4.78, 5) is 13.7. The summed E-state index contributed by atoms with van der Waals surface area (Å²) < 4.78 is 16.4. The Morgan fingerprint density at radius 3 is 2.17 bits per heavy atom. The van der Waals surface area contributed by atoms with Crippen LogP contribution in [0.1, 0.15) is 26.7 Å². The van der Waals surface area contributed by atoms with Crippen LogP contribution in [-0.2, 0) is 19.0 Å². The van der Waals surface area contributed by atoms with Crippen LogP contribution in [0.25, 0.3) is 0 Å². The van der Waals surface area contributed by atoms with Crippen LogP contribution in [0, 0.1) is 5.92 Å². The summed E-state index contributed by atoms with van der Waals surface area (Å²) in [7, 11) is 0. The second-order valence-corrected chi connectivity index (χ2v) is 6.46. The monoisotopic (exact) mass is 345 g/mol. The van der Waals surface area contributed by atoms with Gasteiger partial charge in [0, 0.05) is 25.0 Å². The number of amides is 1. The molecule has 1 saturated heterocycles. The normalized spacial score (nSPS) is 16.7. The van der Waals surface area contributed by atoms with E-state index in [0.717, 1.165) is 39.1 Å². The lowest BCUT2D eigenvalue weighted by atomic mass is 10.1. The van der Waals surface area contributed by atoms with Crippen LogP contribution in [-0.4, -0.2) is 82.7 Å². The molecule has 0 aliphatic carbocycles. The molecule has 0 atom stereocenters. The third-order valence-electron chi connectivity index (χ3n) is 4.00. The van der Waals surface area contributed by atoms with Crippen molar-refractivity contribution in [2.24, 2.45) is 11.7 Å². The third-order valence-corrected chi connectivity index (χ3v) is 4.00. The first-order valence-corrected chi connectivity index (χ1v) is 9.08. The van der Waals surface area contributed by atoms with E-state index in [2.05, 4.69) is 10.2 Å². The van der Waals surface area contributed by atoms with E-state index in [1.807, 2.05) is 13.8 Å². The SMILES string of the molecule is CC(C)C(=O)NCCOCCOCCOCCN1CCC(N)CC1. The molecule has 0 aromatic heterocycles. The number of nitrogens with zero attached hydrogens (tertiary/aromatic N) is 1. The van der Waals surface area contributed by atoms with Gasteiger partial charge in [0.15, 0.2) is 0 Å². The summed E-state index contributed by atoms with van der Waals surface area (Å²) >= 11 is 0. The van der Waals surface area contributed by atoms with Gasteiger partial charge in [0.2, 0.25) is 5.91 Å². The molecule has 7 nitrogen and oxygen atoms in total. The van der Waals surface area contributed by atoms with E-state index in [-0.39, 0.29) is 11.8 Å². The van der Waals surface area contributed by atoms with Crippen molar-refractivity contribution in [1.29, 1.82) is 0 Å². The molecule has 3 N–H and O–H groups in total. The van der Waals surface area contributed by atoms with Gasteiger partial charge in [-0.1, -0.05) is 13.8 Å². The molecule has 0 aromatic carbocycles. The molecule has 1 aliphatic rings. The first kappa shape index (κ1) is 21.3. The number of piperidine rings is 1. The topological polar surface area (TPSA) is 86.1 Å². The van der Waals surface area contributed by atoms with E-state index in [4.69, 9.17) is 19.9 Å². The molecular weight excluding hydrogens is 310 g/mol.